The summed E-state index contributed by atoms with van der Waals surface area (Å²) in [4.78, 5) is 4.35. The van der Waals surface area contributed by atoms with Crippen LogP contribution in [0.25, 0.3) is 0 Å². The SMILES string of the molecule is CN=C(NCc1cccc(Cn2cccn2)c1)NCC1(C)CCCS1. The third kappa shape index (κ3) is 5.26. The lowest BCUT2D eigenvalue weighted by molar-refractivity contribution is 0.584. The van der Waals surface area contributed by atoms with Crippen LogP contribution in [0, 0.1) is 0 Å². The normalized spacial score (nSPS) is 20.6. The molecule has 1 fully saturated rings. The summed E-state index contributed by atoms with van der Waals surface area (Å²) in [5.41, 5.74) is 2.50. The minimum atomic E-state index is 0.335. The second-order valence-electron chi connectivity index (χ2n) is 6.70. The van der Waals surface area contributed by atoms with Gasteiger partial charge in [0.25, 0.3) is 0 Å². The molecule has 0 bridgehead atoms. The number of aliphatic imine (C=N–C) groups is 1. The van der Waals surface area contributed by atoms with Gasteiger partial charge in [0, 0.05) is 37.3 Å². The van der Waals surface area contributed by atoms with Crippen LogP contribution in [0.15, 0.2) is 47.7 Å². The molecule has 1 saturated heterocycles. The molecule has 1 atom stereocenters. The molecule has 25 heavy (non-hydrogen) atoms. The van der Waals surface area contributed by atoms with Crippen molar-refractivity contribution >= 4 is 17.7 Å². The van der Waals surface area contributed by atoms with E-state index >= 15 is 0 Å². The van der Waals surface area contributed by atoms with Gasteiger partial charge in [-0.2, -0.15) is 16.9 Å². The Balaban J connectivity index is 1.51. The Morgan fingerprint density at radius 3 is 2.92 bits per heavy atom. The summed E-state index contributed by atoms with van der Waals surface area (Å²) in [5, 5.41) is 11.2. The van der Waals surface area contributed by atoms with E-state index in [1.54, 1.807) is 0 Å². The highest BCUT2D eigenvalue weighted by Gasteiger charge is 2.29. The van der Waals surface area contributed by atoms with E-state index in [9.17, 15) is 0 Å². The summed E-state index contributed by atoms with van der Waals surface area (Å²) >= 11 is 2.06. The van der Waals surface area contributed by atoms with Crippen molar-refractivity contribution in [2.75, 3.05) is 19.3 Å². The van der Waals surface area contributed by atoms with Crippen molar-refractivity contribution in [3.05, 3.63) is 53.9 Å². The molecule has 0 saturated carbocycles. The smallest absolute Gasteiger partial charge is 0.191 e. The van der Waals surface area contributed by atoms with Gasteiger partial charge in [0.1, 0.15) is 0 Å². The van der Waals surface area contributed by atoms with Gasteiger partial charge in [-0.05, 0) is 42.7 Å². The molecule has 134 valence electrons. The fourth-order valence-electron chi connectivity index (χ4n) is 3.07. The van der Waals surface area contributed by atoms with E-state index in [1.165, 1.54) is 29.7 Å². The van der Waals surface area contributed by atoms with E-state index in [0.717, 1.165) is 25.6 Å². The molecule has 0 spiro atoms. The minimum absolute atomic E-state index is 0.335. The Labute approximate surface area is 154 Å². The fourth-order valence-corrected chi connectivity index (χ4v) is 4.32. The molecule has 0 amide bonds. The van der Waals surface area contributed by atoms with Crippen LogP contribution in [-0.4, -0.2) is 39.8 Å². The third-order valence-corrected chi connectivity index (χ3v) is 6.05. The van der Waals surface area contributed by atoms with Gasteiger partial charge in [0.2, 0.25) is 0 Å². The zero-order valence-electron chi connectivity index (χ0n) is 15.0. The Morgan fingerprint density at radius 1 is 1.32 bits per heavy atom. The summed E-state index contributed by atoms with van der Waals surface area (Å²) in [6.07, 6.45) is 6.39. The van der Waals surface area contributed by atoms with Gasteiger partial charge in [-0.3, -0.25) is 9.67 Å². The van der Waals surface area contributed by atoms with Crippen LogP contribution in [0.3, 0.4) is 0 Å². The largest absolute Gasteiger partial charge is 0.355 e. The number of nitrogens with one attached hydrogen (secondary N) is 2. The molecule has 1 aromatic carbocycles. The number of rotatable bonds is 6. The summed E-state index contributed by atoms with van der Waals surface area (Å²) < 4.78 is 2.27. The molecule has 1 aromatic heterocycles. The van der Waals surface area contributed by atoms with Gasteiger partial charge in [-0.25, -0.2) is 0 Å². The van der Waals surface area contributed by atoms with Crippen molar-refractivity contribution in [2.45, 2.75) is 37.6 Å². The van der Waals surface area contributed by atoms with Gasteiger partial charge < -0.3 is 10.6 Å². The molecule has 2 aromatic rings. The molecule has 0 aliphatic carbocycles. The fraction of sp³-hybridized carbons (Fsp3) is 0.474. The van der Waals surface area contributed by atoms with Crippen LogP contribution < -0.4 is 10.6 Å². The van der Waals surface area contributed by atoms with Crippen molar-refractivity contribution in [2.24, 2.45) is 4.99 Å². The molecule has 6 heteroatoms. The molecule has 2 heterocycles. The molecule has 3 rings (SSSR count). The van der Waals surface area contributed by atoms with E-state index in [1.807, 2.05) is 30.2 Å². The van der Waals surface area contributed by atoms with Gasteiger partial charge in [0.15, 0.2) is 5.96 Å². The first-order chi connectivity index (χ1) is 12.2. The van der Waals surface area contributed by atoms with Gasteiger partial charge in [-0.1, -0.05) is 24.3 Å². The zero-order chi connectivity index (χ0) is 17.5. The predicted octanol–water partition coefficient (Wildman–Crippen LogP) is 2.88. The first-order valence-electron chi connectivity index (χ1n) is 8.81. The molecular weight excluding hydrogens is 330 g/mol. The van der Waals surface area contributed by atoms with E-state index in [-0.39, 0.29) is 0 Å². The van der Waals surface area contributed by atoms with E-state index < -0.39 is 0 Å². The van der Waals surface area contributed by atoms with E-state index in [4.69, 9.17) is 0 Å². The quantitative estimate of drug-likeness (QED) is 0.617. The molecule has 1 unspecified atom stereocenters. The predicted molar refractivity (Wildman–Crippen MR) is 106 cm³/mol. The maximum absolute atomic E-state index is 4.35. The van der Waals surface area contributed by atoms with Crippen molar-refractivity contribution in [1.82, 2.24) is 20.4 Å². The van der Waals surface area contributed by atoms with Crippen molar-refractivity contribution in [1.29, 1.82) is 0 Å². The Kier molecular flexibility index (Phi) is 6.02. The van der Waals surface area contributed by atoms with Gasteiger partial charge in [0.05, 0.1) is 6.54 Å². The van der Waals surface area contributed by atoms with Crippen LogP contribution in [0.5, 0.6) is 0 Å². The standard InChI is InChI=1S/C19H27N5S/c1-19(8-4-11-25-19)15-22-18(20-2)21-13-16-6-3-7-17(12-16)14-24-10-5-9-23-24/h3,5-7,9-10,12H,4,8,11,13-15H2,1-2H3,(H2,20,21,22). The second kappa shape index (κ2) is 8.43. The molecular formula is C19H27N5S. The zero-order valence-corrected chi connectivity index (χ0v) is 15.9. The summed E-state index contributed by atoms with van der Waals surface area (Å²) in [6, 6.07) is 10.5. The van der Waals surface area contributed by atoms with Gasteiger partial charge >= 0.3 is 0 Å². The number of aromatic nitrogens is 2. The molecule has 1 aliphatic rings. The van der Waals surface area contributed by atoms with E-state index in [2.05, 4.69) is 63.7 Å². The maximum atomic E-state index is 4.35. The molecule has 2 N–H and O–H groups in total. The molecule has 5 nitrogen and oxygen atoms in total. The van der Waals surface area contributed by atoms with Crippen molar-refractivity contribution < 1.29 is 0 Å². The highest BCUT2D eigenvalue weighted by molar-refractivity contribution is 8.00. The highest BCUT2D eigenvalue weighted by atomic mass is 32.2. The lowest BCUT2D eigenvalue weighted by Crippen LogP contribution is -2.43. The monoisotopic (exact) mass is 357 g/mol. The third-order valence-electron chi connectivity index (χ3n) is 4.51. The van der Waals surface area contributed by atoms with Crippen LogP contribution in [-0.2, 0) is 13.1 Å². The number of benzene rings is 1. The number of thioether (sulfide) groups is 1. The first-order valence-corrected chi connectivity index (χ1v) is 9.79. The topological polar surface area (TPSA) is 54.2 Å². The van der Waals surface area contributed by atoms with Crippen molar-refractivity contribution in [3.63, 3.8) is 0 Å². The molecule has 1 aliphatic heterocycles. The Bertz CT molecular complexity index is 690. The summed E-state index contributed by atoms with van der Waals surface area (Å²) in [6.45, 7) is 4.85. The Morgan fingerprint density at radius 2 is 2.20 bits per heavy atom. The summed E-state index contributed by atoms with van der Waals surface area (Å²) in [7, 11) is 1.83. The van der Waals surface area contributed by atoms with Gasteiger partial charge in [-0.15, -0.1) is 0 Å². The second-order valence-corrected chi connectivity index (χ2v) is 8.39. The lowest BCUT2D eigenvalue weighted by Gasteiger charge is -2.24. The Hall–Kier alpha value is -1.95. The number of hydrogen-bond acceptors (Lipinski definition) is 3. The number of nitrogens with zero attached hydrogens (tertiary/aromatic N) is 3. The summed E-state index contributed by atoms with van der Waals surface area (Å²) in [5.74, 6) is 2.14. The van der Waals surface area contributed by atoms with E-state index in [0.29, 0.717) is 4.75 Å². The van der Waals surface area contributed by atoms with Crippen molar-refractivity contribution in [3.8, 4) is 0 Å². The lowest BCUT2D eigenvalue weighted by atomic mass is 10.1. The molecule has 0 radical (unpaired) electrons. The van der Waals surface area contributed by atoms with Crippen LogP contribution in [0.2, 0.25) is 0 Å². The highest BCUT2D eigenvalue weighted by Crippen LogP contribution is 2.36. The number of hydrogen-bond donors (Lipinski definition) is 2. The first kappa shape index (κ1) is 17.9. The van der Waals surface area contributed by atoms with Crippen LogP contribution in [0.4, 0.5) is 0 Å². The minimum Gasteiger partial charge on any atom is -0.355 e. The maximum Gasteiger partial charge on any atom is 0.191 e. The van der Waals surface area contributed by atoms with Crippen LogP contribution >= 0.6 is 11.8 Å². The average molecular weight is 358 g/mol. The number of guanidine groups is 1. The van der Waals surface area contributed by atoms with Crippen LogP contribution in [0.1, 0.15) is 30.9 Å². The average Bonchev–Trinajstić information content (AvgIpc) is 3.28.